The first-order valence-electron chi connectivity index (χ1n) is 4.93. The van der Waals surface area contributed by atoms with E-state index < -0.39 is 0 Å². The van der Waals surface area contributed by atoms with Crippen molar-refractivity contribution in [3.8, 4) is 5.75 Å². The van der Waals surface area contributed by atoms with Gasteiger partial charge in [-0.25, -0.2) is 4.98 Å². The van der Waals surface area contributed by atoms with Crippen LogP contribution in [-0.2, 0) is 6.54 Å². The number of anilines is 1. The maximum atomic E-state index is 5.16. The normalized spacial score (nSPS) is 10.1. The molecule has 0 unspecified atom stereocenters. The summed E-state index contributed by atoms with van der Waals surface area (Å²) in [5.41, 5.74) is 2.44. The summed E-state index contributed by atoms with van der Waals surface area (Å²) in [6, 6.07) is 6.05. The van der Waals surface area contributed by atoms with Crippen LogP contribution in [0.4, 0.5) is 5.13 Å². The highest BCUT2D eigenvalue weighted by Crippen LogP contribution is 2.18. The van der Waals surface area contributed by atoms with Gasteiger partial charge in [-0.3, -0.25) is 0 Å². The lowest BCUT2D eigenvalue weighted by atomic mass is 10.1. The molecule has 2 rings (SSSR count). The van der Waals surface area contributed by atoms with Crippen LogP contribution in [0.2, 0.25) is 0 Å². The fourth-order valence-corrected chi connectivity index (χ4v) is 1.84. The van der Waals surface area contributed by atoms with E-state index in [0.717, 1.165) is 17.4 Å². The van der Waals surface area contributed by atoms with Gasteiger partial charge in [-0.1, -0.05) is 6.07 Å². The lowest BCUT2D eigenvalue weighted by molar-refractivity contribution is 0.414. The molecule has 0 saturated heterocycles. The summed E-state index contributed by atoms with van der Waals surface area (Å²) in [7, 11) is 1.67. The van der Waals surface area contributed by atoms with E-state index in [1.807, 2.05) is 12.1 Å². The SMILES string of the molecule is COc1ccc(CNc2ncns2)c(C)c1. The molecule has 1 heterocycles. The van der Waals surface area contributed by atoms with Gasteiger partial charge in [0.25, 0.3) is 0 Å². The van der Waals surface area contributed by atoms with Gasteiger partial charge in [-0.15, -0.1) is 0 Å². The first-order valence-corrected chi connectivity index (χ1v) is 5.71. The summed E-state index contributed by atoms with van der Waals surface area (Å²) in [5.74, 6) is 0.886. The molecule has 16 heavy (non-hydrogen) atoms. The number of rotatable bonds is 4. The Bertz CT molecular complexity index is 456. The average Bonchev–Trinajstić information content (AvgIpc) is 2.80. The van der Waals surface area contributed by atoms with Crippen molar-refractivity contribution in [3.63, 3.8) is 0 Å². The van der Waals surface area contributed by atoms with Crippen molar-refractivity contribution in [2.75, 3.05) is 12.4 Å². The molecule has 5 heteroatoms. The Balaban J connectivity index is 2.04. The molecular formula is C11H13N3OS. The fourth-order valence-electron chi connectivity index (χ4n) is 1.42. The van der Waals surface area contributed by atoms with Gasteiger partial charge in [0.05, 0.1) is 7.11 Å². The predicted molar refractivity (Wildman–Crippen MR) is 65.0 cm³/mol. The van der Waals surface area contributed by atoms with Gasteiger partial charge in [0.2, 0.25) is 5.13 Å². The van der Waals surface area contributed by atoms with E-state index in [1.54, 1.807) is 13.4 Å². The van der Waals surface area contributed by atoms with Crippen molar-refractivity contribution in [1.82, 2.24) is 9.36 Å². The van der Waals surface area contributed by atoms with Crippen LogP contribution in [0.1, 0.15) is 11.1 Å². The van der Waals surface area contributed by atoms with Crippen LogP contribution < -0.4 is 10.1 Å². The third-order valence-corrected chi connectivity index (χ3v) is 2.96. The predicted octanol–water partition coefficient (Wildman–Crippen LogP) is 2.47. The van der Waals surface area contributed by atoms with Gasteiger partial charge in [-0.2, -0.15) is 4.37 Å². The lowest BCUT2D eigenvalue weighted by Gasteiger charge is -2.08. The second-order valence-corrected chi connectivity index (χ2v) is 4.17. The molecule has 0 saturated carbocycles. The van der Waals surface area contributed by atoms with Crippen molar-refractivity contribution in [2.24, 2.45) is 0 Å². The molecule has 4 nitrogen and oxygen atoms in total. The molecule has 0 aliphatic carbocycles. The van der Waals surface area contributed by atoms with Crippen LogP contribution in [0.15, 0.2) is 24.5 Å². The highest BCUT2D eigenvalue weighted by Gasteiger charge is 2.01. The highest BCUT2D eigenvalue weighted by molar-refractivity contribution is 7.09. The maximum Gasteiger partial charge on any atom is 0.202 e. The van der Waals surface area contributed by atoms with Gasteiger partial charge >= 0.3 is 0 Å². The van der Waals surface area contributed by atoms with Crippen molar-refractivity contribution in [3.05, 3.63) is 35.7 Å². The van der Waals surface area contributed by atoms with E-state index in [2.05, 4.69) is 27.7 Å². The van der Waals surface area contributed by atoms with E-state index >= 15 is 0 Å². The molecule has 0 fully saturated rings. The van der Waals surface area contributed by atoms with Crippen molar-refractivity contribution in [2.45, 2.75) is 13.5 Å². The molecule has 0 spiro atoms. The number of benzene rings is 1. The molecule has 0 aliphatic rings. The number of hydrogen-bond acceptors (Lipinski definition) is 5. The van der Waals surface area contributed by atoms with Crippen LogP contribution in [0.25, 0.3) is 0 Å². The average molecular weight is 235 g/mol. The summed E-state index contributed by atoms with van der Waals surface area (Å²) in [5, 5.41) is 4.07. The van der Waals surface area contributed by atoms with Crippen molar-refractivity contribution >= 4 is 16.7 Å². The van der Waals surface area contributed by atoms with E-state index in [-0.39, 0.29) is 0 Å². The minimum absolute atomic E-state index is 0.755. The van der Waals surface area contributed by atoms with Gasteiger partial charge in [0.15, 0.2) is 0 Å². The molecule has 0 bridgehead atoms. The van der Waals surface area contributed by atoms with Gasteiger partial charge in [0, 0.05) is 18.1 Å². The Hall–Kier alpha value is -1.62. The Morgan fingerprint density at radius 2 is 2.31 bits per heavy atom. The Labute approximate surface area is 98.5 Å². The smallest absolute Gasteiger partial charge is 0.202 e. The van der Waals surface area contributed by atoms with Gasteiger partial charge in [-0.05, 0) is 30.2 Å². The zero-order valence-electron chi connectivity index (χ0n) is 9.23. The number of nitrogens with one attached hydrogen (secondary N) is 1. The van der Waals surface area contributed by atoms with Crippen LogP contribution in [0.3, 0.4) is 0 Å². The van der Waals surface area contributed by atoms with Crippen LogP contribution in [-0.4, -0.2) is 16.5 Å². The largest absolute Gasteiger partial charge is 0.497 e. The third-order valence-electron chi connectivity index (χ3n) is 2.34. The fraction of sp³-hybridized carbons (Fsp3) is 0.273. The van der Waals surface area contributed by atoms with E-state index in [0.29, 0.717) is 0 Å². The minimum Gasteiger partial charge on any atom is -0.497 e. The summed E-state index contributed by atoms with van der Waals surface area (Å²) in [4.78, 5) is 4.07. The van der Waals surface area contributed by atoms with E-state index in [4.69, 9.17) is 4.74 Å². The van der Waals surface area contributed by atoms with Gasteiger partial charge in [0.1, 0.15) is 12.1 Å². The lowest BCUT2D eigenvalue weighted by Crippen LogP contribution is -2.01. The number of aromatic nitrogens is 2. The first-order chi connectivity index (χ1) is 7.79. The Kier molecular flexibility index (Phi) is 3.36. The minimum atomic E-state index is 0.755. The first kappa shape index (κ1) is 10.9. The second-order valence-electron chi connectivity index (χ2n) is 3.39. The molecule has 1 aromatic carbocycles. The Morgan fingerprint density at radius 3 is 2.94 bits per heavy atom. The number of aryl methyl sites for hydroxylation is 1. The molecule has 0 atom stereocenters. The molecule has 0 aliphatic heterocycles. The molecule has 0 radical (unpaired) electrons. The van der Waals surface area contributed by atoms with E-state index in [1.165, 1.54) is 22.7 Å². The number of ether oxygens (including phenoxy) is 1. The zero-order chi connectivity index (χ0) is 11.4. The van der Waals surface area contributed by atoms with Crippen LogP contribution in [0.5, 0.6) is 5.75 Å². The molecular weight excluding hydrogens is 222 g/mol. The third kappa shape index (κ3) is 2.49. The van der Waals surface area contributed by atoms with Crippen molar-refractivity contribution in [1.29, 1.82) is 0 Å². The standard InChI is InChI=1S/C11H13N3OS/c1-8-5-10(15-2)4-3-9(8)6-12-11-13-7-14-16-11/h3-5,7H,6H2,1-2H3,(H,12,13,14). The Morgan fingerprint density at radius 1 is 1.44 bits per heavy atom. The van der Waals surface area contributed by atoms with Crippen LogP contribution in [0, 0.1) is 6.92 Å². The zero-order valence-corrected chi connectivity index (χ0v) is 10.0. The molecule has 0 amide bonds. The summed E-state index contributed by atoms with van der Waals surface area (Å²) in [6.45, 7) is 2.82. The number of methoxy groups -OCH3 is 1. The van der Waals surface area contributed by atoms with E-state index in [9.17, 15) is 0 Å². The second kappa shape index (κ2) is 4.94. The molecule has 2 aromatic rings. The highest BCUT2D eigenvalue weighted by atomic mass is 32.1. The molecule has 84 valence electrons. The van der Waals surface area contributed by atoms with Gasteiger partial charge < -0.3 is 10.1 Å². The summed E-state index contributed by atoms with van der Waals surface area (Å²) in [6.07, 6.45) is 1.55. The summed E-state index contributed by atoms with van der Waals surface area (Å²) >= 11 is 1.36. The maximum absolute atomic E-state index is 5.16. The van der Waals surface area contributed by atoms with Crippen molar-refractivity contribution < 1.29 is 4.74 Å². The van der Waals surface area contributed by atoms with Crippen LogP contribution >= 0.6 is 11.5 Å². The summed E-state index contributed by atoms with van der Waals surface area (Å²) < 4.78 is 9.09. The monoisotopic (exact) mass is 235 g/mol. The molecule has 1 N–H and O–H groups in total. The topological polar surface area (TPSA) is 47.0 Å². The number of nitrogens with zero attached hydrogens (tertiary/aromatic N) is 2. The molecule has 1 aromatic heterocycles. The number of hydrogen-bond donors (Lipinski definition) is 1. The quantitative estimate of drug-likeness (QED) is 0.884.